The average molecular weight is 334 g/mol. The van der Waals surface area contributed by atoms with Gasteiger partial charge in [-0.3, -0.25) is 9.69 Å². The van der Waals surface area contributed by atoms with Crippen LogP contribution in [0.2, 0.25) is 0 Å². The van der Waals surface area contributed by atoms with Gasteiger partial charge in [0.15, 0.2) is 11.6 Å². The predicted octanol–water partition coefficient (Wildman–Crippen LogP) is 3.30. The van der Waals surface area contributed by atoms with Crippen molar-refractivity contribution in [2.45, 2.75) is 13.0 Å². The van der Waals surface area contributed by atoms with E-state index in [1.807, 2.05) is 0 Å². The van der Waals surface area contributed by atoms with Gasteiger partial charge in [-0.2, -0.15) is 0 Å². The van der Waals surface area contributed by atoms with Gasteiger partial charge < -0.3 is 10.1 Å². The fraction of sp³-hybridized carbons (Fsp3) is 0.278. The van der Waals surface area contributed by atoms with Crippen molar-refractivity contribution in [2.75, 3.05) is 25.5 Å². The van der Waals surface area contributed by atoms with Gasteiger partial charge in [-0.05, 0) is 50.4 Å². The molecule has 0 fully saturated rings. The van der Waals surface area contributed by atoms with Crippen molar-refractivity contribution in [3.05, 3.63) is 60.2 Å². The number of hydrogen-bond donors (Lipinski definition) is 1. The van der Waals surface area contributed by atoms with E-state index in [-0.39, 0.29) is 24.1 Å². The molecule has 0 bridgehead atoms. The minimum Gasteiger partial charge on any atom is -0.489 e. The van der Waals surface area contributed by atoms with Gasteiger partial charge in [0, 0.05) is 12.2 Å². The summed E-state index contributed by atoms with van der Waals surface area (Å²) in [6.45, 7) is 2.46. The number of likely N-dealkylation sites (N-methyl/N-ethyl adjacent to an activating group) is 1. The zero-order valence-corrected chi connectivity index (χ0v) is 13.6. The average Bonchev–Trinajstić information content (AvgIpc) is 2.57. The van der Waals surface area contributed by atoms with Gasteiger partial charge in [0.25, 0.3) is 0 Å². The number of nitrogens with zero attached hydrogens (tertiary/aromatic N) is 1. The summed E-state index contributed by atoms with van der Waals surface area (Å²) < 4.78 is 31.7. The molecule has 2 rings (SSSR count). The van der Waals surface area contributed by atoms with Gasteiger partial charge in [-0.1, -0.05) is 12.1 Å². The molecule has 0 aromatic heterocycles. The standard InChI is InChI=1S/C18H20F2N2O2/c1-13(18(23)21-15-9-7-14(19)8-10-15)22(2)11-12-24-17-6-4-3-5-16(17)20/h3-10,13H,11-12H2,1-2H3,(H,21,23). The Hall–Kier alpha value is -2.47. The Morgan fingerprint density at radius 1 is 1.17 bits per heavy atom. The summed E-state index contributed by atoms with van der Waals surface area (Å²) in [5.74, 6) is -0.796. The van der Waals surface area contributed by atoms with Crippen molar-refractivity contribution in [1.29, 1.82) is 0 Å². The molecule has 1 atom stereocenters. The number of benzene rings is 2. The minimum absolute atomic E-state index is 0.189. The molecule has 4 nitrogen and oxygen atoms in total. The van der Waals surface area contributed by atoms with Gasteiger partial charge in [-0.15, -0.1) is 0 Å². The number of hydrogen-bond acceptors (Lipinski definition) is 3. The van der Waals surface area contributed by atoms with E-state index in [2.05, 4.69) is 5.32 Å². The summed E-state index contributed by atoms with van der Waals surface area (Å²) in [5, 5.41) is 2.72. The van der Waals surface area contributed by atoms with Crippen LogP contribution in [0.3, 0.4) is 0 Å². The molecular formula is C18H20F2N2O2. The zero-order valence-electron chi connectivity index (χ0n) is 13.6. The maximum atomic E-state index is 13.4. The number of para-hydroxylation sites is 1. The lowest BCUT2D eigenvalue weighted by atomic mass is 10.2. The lowest BCUT2D eigenvalue weighted by Gasteiger charge is -2.23. The van der Waals surface area contributed by atoms with Crippen molar-refractivity contribution in [3.63, 3.8) is 0 Å². The van der Waals surface area contributed by atoms with Crippen LogP contribution in [0.1, 0.15) is 6.92 Å². The molecule has 128 valence electrons. The van der Waals surface area contributed by atoms with Crippen LogP contribution in [0, 0.1) is 11.6 Å². The van der Waals surface area contributed by atoms with Gasteiger partial charge in [0.1, 0.15) is 12.4 Å². The van der Waals surface area contributed by atoms with Crippen molar-refractivity contribution in [3.8, 4) is 5.75 Å². The van der Waals surface area contributed by atoms with Crippen molar-refractivity contribution < 1.29 is 18.3 Å². The summed E-state index contributed by atoms with van der Waals surface area (Å²) >= 11 is 0. The van der Waals surface area contributed by atoms with E-state index in [9.17, 15) is 13.6 Å². The van der Waals surface area contributed by atoms with Crippen LogP contribution in [0.25, 0.3) is 0 Å². The van der Waals surface area contributed by atoms with E-state index in [0.29, 0.717) is 12.2 Å². The molecular weight excluding hydrogens is 314 g/mol. The first-order chi connectivity index (χ1) is 11.5. The molecule has 0 aliphatic heterocycles. The first-order valence-corrected chi connectivity index (χ1v) is 7.61. The highest BCUT2D eigenvalue weighted by Crippen LogP contribution is 2.15. The van der Waals surface area contributed by atoms with Crippen LogP contribution in [-0.4, -0.2) is 37.0 Å². The third kappa shape index (κ3) is 5.03. The normalized spacial score (nSPS) is 12.0. The largest absolute Gasteiger partial charge is 0.489 e. The van der Waals surface area contributed by atoms with E-state index < -0.39 is 11.9 Å². The molecule has 0 aliphatic carbocycles. The summed E-state index contributed by atoms with van der Waals surface area (Å²) in [6.07, 6.45) is 0. The Morgan fingerprint density at radius 3 is 2.50 bits per heavy atom. The molecule has 0 aliphatic rings. The van der Waals surface area contributed by atoms with Crippen LogP contribution >= 0.6 is 0 Å². The summed E-state index contributed by atoms with van der Waals surface area (Å²) in [6, 6.07) is 11.3. The van der Waals surface area contributed by atoms with Gasteiger partial charge in [0.05, 0.1) is 6.04 Å². The fourth-order valence-electron chi connectivity index (χ4n) is 2.04. The molecule has 0 saturated heterocycles. The lowest BCUT2D eigenvalue weighted by Crippen LogP contribution is -2.41. The topological polar surface area (TPSA) is 41.6 Å². The number of rotatable bonds is 7. The monoisotopic (exact) mass is 334 g/mol. The van der Waals surface area contributed by atoms with E-state index >= 15 is 0 Å². The van der Waals surface area contributed by atoms with E-state index in [4.69, 9.17) is 4.74 Å². The van der Waals surface area contributed by atoms with Crippen molar-refractivity contribution in [2.24, 2.45) is 0 Å². The fourth-order valence-corrected chi connectivity index (χ4v) is 2.04. The second kappa shape index (κ2) is 8.40. The quantitative estimate of drug-likeness (QED) is 0.845. The highest BCUT2D eigenvalue weighted by molar-refractivity contribution is 5.94. The van der Waals surface area contributed by atoms with E-state index in [1.54, 1.807) is 37.1 Å². The van der Waals surface area contributed by atoms with E-state index in [0.717, 1.165) is 0 Å². The smallest absolute Gasteiger partial charge is 0.241 e. The third-order valence-corrected chi connectivity index (χ3v) is 3.69. The second-order valence-corrected chi connectivity index (χ2v) is 5.43. The first kappa shape index (κ1) is 17.9. The Bertz CT molecular complexity index is 677. The summed E-state index contributed by atoms with van der Waals surface area (Å²) in [4.78, 5) is 14.0. The summed E-state index contributed by atoms with van der Waals surface area (Å²) in [5.41, 5.74) is 0.532. The van der Waals surface area contributed by atoms with Crippen molar-refractivity contribution in [1.82, 2.24) is 4.90 Å². The molecule has 0 saturated carbocycles. The van der Waals surface area contributed by atoms with Gasteiger partial charge >= 0.3 is 0 Å². The molecule has 2 aromatic carbocycles. The molecule has 1 amide bonds. The number of nitrogens with one attached hydrogen (secondary N) is 1. The Morgan fingerprint density at radius 2 is 1.83 bits per heavy atom. The van der Waals surface area contributed by atoms with Crippen LogP contribution < -0.4 is 10.1 Å². The molecule has 0 spiro atoms. The molecule has 0 heterocycles. The Labute approximate surface area is 140 Å². The second-order valence-electron chi connectivity index (χ2n) is 5.43. The number of amides is 1. The van der Waals surface area contributed by atoms with Crippen molar-refractivity contribution >= 4 is 11.6 Å². The van der Waals surface area contributed by atoms with Gasteiger partial charge in [0.2, 0.25) is 5.91 Å². The van der Waals surface area contributed by atoms with Crippen LogP contribution in [0.15, 0.2) is 48.5 Å². The highest BCUT2D eigenvalue weighted by Gasteiger charge is 2.18. The number of carbonyl (C=O) groups is 1. The number of ether oxygens (including phenoxy) is 1. The maximum Gasteiger partial charge on any atom is 0.241 e. The molecule has 0 radical (unpaired) electrons. The molecule has 2 aromatic rings. The minimum atomic E-state index is -0.417. The number of carbonyl (C=O) groups excluding carboxylic acids is 1. The summed E-state index contributed by atoms with van der Waals surface area (Å²) in [7, 11) is 1.78. The predicted molar refractivity (Wildman–Crippen MR) is 89.0 cm³/mol. The Kier molecular flexibility index (Phi) is 6.26. The van der Waals surface area contributed by atoms with Gasteiger partial charge in [-0.25, -0.2) is 8.78 Å². The number of halogens is 2. The highest BCUT2D eigenvalue weighted by atomic mass is 19.1. The molecule has 1 N–H and O–H groups in total. The first-order valence-electron chi connectivity index (χ1n) is 7.61. The number of anilines is 1. The SMILES string of the molecule is CC(C(=O)Nc1ccc(F)cc1)N(C)CCOc1ccccc1F. The van der Waals surface area contributed by atoms with Crippen LogP contribution in [0.5, 0.6) is 5.75 Å². The Balaban J connectivity index is 1.80. The zero-order chi connectivity index (χ0) is 17.5. The van der Waals surface area contributed by atoms with Crippen LogP contribution in [-0.2, 0) is 4.79 Å². The molecule has 1 unspecified atom stereocenters. The maximum absolute atomic E-state index is 13.4. The molecule has 24 heavy (non-hydrogen) atoms. The third-order valence-electron chi connectivity index (χ3n) is 3.69. The van der Waals surface area contributed by atoms with Crippen LogP contribution in [0.4, 0.5) is 14.5 Å². The lowest BCUT2D eigenvalue weighted by molar-refractivity contribution is -0.120. The van der Waals surface area contributed by atoms with E-state index in [1.165, 1.54) is 30.3 Å². The molecule has 6 heteroatoms.